The van der Waals surface area contributed by atoms with Gasteiger partial charge in [0.2, 0.25) is 0 Å². The van der Waals surface area contributed by atoms with Gasteiger partial charge in [0.05, 0.1) is 0 Å². The third-order valence-corrected chi connectivity index (χ3v) is 3.95. The van der Waals surface area contributed by atoms with Crippen LogP contribution in [0.3, 0.4) is 0 Å². The summed E-state index contributed by atoms with van der Waals surface area (Å²) in [5, 5.41) is 3.60. The fraction of sp³-hybridized carbons (Fsp3) is 0.118. The minimum absolute atomic E-state index is 0.0494. The first kappa shape index (κ1) is 16.4. The van der Waals surface area contributed by atoms with Crippen LogP contribution in [0.2, 0.25) is 0 Å². The molecule has 0 atom stereocenters. The maximum absolute atomic E-state index is 12.4. The molecule has 0 aliphatic carbocycles. The topological polar surface area (TPSA) is 54.1 Å². The molecule has 124 valence electrons. The average Bonchev–Trinajstić information content (AvgIpc) is 2.96. The van der Waals surface area contributed by atoms with E-state index < -0.39 is 6.61 Å². The van der Waals surface area contributed by atoms with E-state index in [0.29, 0.717) is 11.3 Å². The molecule has 0 unspecified atom stereocenters. The van der Waals surface area contributed by atoms with Crippen LogP contribution in [0.15, 0.2) is 53.0 Å². The highest BCUT2D eigenvalue weighted by molar-refractivity contribution is 9.10. The predicted octanol–water partition coefficient (Wildman–Crippen LogP) is 4.46. The molecular formula is C17H13BrF2N2O2. The lowest BCUT2D eigenvalue weighted by molar-refractivity contribution is -0.0504. The van der Waals surface area contributed by atoms with Crippen molar-refractivity contribution in [1.29, 1.82) is 0 Å². The number of aromatic nitrogens is 1. The highest BCUT2D eigenvalue weighted by Crippen LogP contribution is 2.22. The fourth-order valence-corrected chi connectivity index (χ4v) is 2.71. The molecule has 0 bridgehead atoms. The van der Waals surface area contributed by atoms with Gasteiger partial charge in [-0.15, -0.1) is 0 Å². The first-order valence-electron chi connectivity index (χ1n) is 7.12. The SMILES string of the molecule is O=C(NCc1ccccc1OC(F)F)c1cc2ccc(Br)cc2[nH]1. The zero-order valence-corrected chi connectivity index (χ0v) is 13.9. The highest BCUT2D eigenvalue weighted by Gasteiger charge is 2.12. The maximum Gasteiger partial charge on any atom is 0.387 e. The molecule has 1 aromatic heterocycles. The van der Waals surface area contributed by atoms with Gasteiger partial charge in [-0.25, -0.2) is 0 Å². The van der Waals surface area contributed by atoms with Gasteiger partial charge in [-0.3, -0.25) is 4.79 Å². The molecule has 0 radical (unpaired) electrons. The van der Waals surface area contributed by atoms with Crippen LogP contribution in [0.1, 0.15) is 16.1 Å². The lowest BCUT2D eigenvalue weighted by atomic mass is 10.2. The summed E-state index contributed by atoms with van der Waals surface area (Å²) in [6.45, 7) is -2.82. The van der Waals surface area contributed by atoms with Gasteiger partial charge in [0.15, 0.2) is 0 Å². The summed E-state index contributed by atoms with van der Waals surface area (Å²) in [4.78, 5) is 15.3. The van der Waals surface area contributed by atoms with Crippen molar-refractivity contribution < 1.29 is 18.3 Å². The molecule has 24 heavy (non-hydrogen) atoms. The van der Waals surface area contributed by atoms with Crippen LogP contribution < -0.4 is 10.1 Å². The Morgan fingerprint density at radius 3 is 2.79 bits per heavy atom. The summed E-state index contributed by atoms with van der Waals surface area (Å²) in [6.07, 6.45) is 0. The summed E-state index contributed by atoms with van der Waals surface area (Å²) < 4.78 is 30.1. The number of nitrogens with one attached hydrogen (secondary N) is 2. The number of benzene rings is 2. The number of H-pyrrole nitrogens is 1. The monoisotopic (exact) mass is 394 g/mol. The lowest BCUT2D eigenvalue weighted by Crippen LogP contribution is -2.23. The van der Waals surface area contributed by atoms with Crippen molar-refractivity contribution in [1.82, 2.24) is 10.3 Å². The zero-order valence-electron chi connectivity index (χ0n) is 12.4. The molecule has 0 aliphatic rings. The number of para-hydroxylation sites is 1. The minimum atomic E-state index is -2.91. The Kier molecular flexibility index (Phi) is 4.80. The quantitative estimate of drug-likeness (QED) is 0.670. The smallest absolute Gasteiger partial charge is 0.387 e. The third kappa shape index (κ3) is 3.73. The summed E-state index contributed by atoms with van der Waals surface area (Å²) >= 11 is 3.37. The minimum Gasteiger partial charge on any atom is -0.434 e. The van der Waals surface area contributed by atoms with Crippen molar-refractivity contribution in [3.8, 4) is 5.75 Å². The lowest BCUT2D eigenvalue weighted by Gasteiger charge is -2.11. The van der Waals surface area contributed by atoms with Crippen LogP contribution >= 0.6 is 15.9 Å². The van der Waals surface area contributed by atoms with Crippen LogP contribution in [0.4, 0.5) is 8.78 Å². The number of carbonyl (C=O) groups is 1. The molecule has 4 nitrogen and oxygen atoms in total. The molecule has 3 rings (SSSR count). The number of amides is 1. The second-order valence-electron chi connectivity index (χ2n) is 5.08. The molecule has 0 spiro atoms. The molecule has 0 aliphatic heterocycles. The van der Waals surface area contributed by atoms with E-state index in [1.165, 1.54) is 6.07 Å². The largest absolute Gasteiger partial charge is 0.434 e. The Labute approximate surface area is 144 Å². The van der Waals surface area contributed by atoms with Crippen LogP contribution in [0.25, 0.3) is 10.9 Å². The van der Waals surface area contributed by atoms with Gasteiger partial charge in [-0.1, -0.05) is 40.2 Å². The van der Waals surface area contributed by atoms with Crippen molar-refractivity contribution in [2.24, 2.45) is 0 Å². The van der Waals surface area contributed by atoms with Gasteiger partial charge in [-0.05, 0) is 24.3 Å². The Bertz CT molecular complexity index is 880. The van der Waals surface area contributed by atoms with Gasteiger partial charge < -0.3 is 15.0 Å². The van der Waals surface area contributed by atoms with E-state index in [9.17, 15) is 13.6 Å². The molecule has 2 N–H and O–H groups in total. The predicted molar refractivity (Wildman–Crippen MR) is 90.2 cm³/mol. The van der Waals surface area contributed by atoms with Crippen LogP contribution in [0.5, 0.6) is 5.75 Å². The Hall–Kier alpha value is -2.41. The Morgan fingerprint density at radius 1 is 1.21 bits per heavy atom. The molecule has 3 aromatic rings. The third-order valence-electron chi connectivity index (χ3n) is 3.46. The van der Waals surface area contributed by atoms with E-state index >= 15 is 0 Å². The van der Waals surface area contributed by atoms with Gasteiger partial charge in [-0.2, -0.15) is 8.78 Å². The number of alkyl halides is 2. The summed E-state index contributed by atoms with van der Waals surface area (Å²) in [6, 6.07) is 13.7. The van der Waals surface area contributed by atoms with Crippen molar-refractivity contribution >= 4 is 32.7 Å². The first-order chi connectivity index (χ1) is 11.5. The number of ether oxygens (including phenoxy) is 1. The fourth-order valence-electron chi connectivity index (χ4n) is 2.35. The molecular weight excluding hydrogens is 382 g/mol. The van der Waals surface area contributed by atoms with E-state index in [0.717, 1.165) is 15.4 Å². The van der Waals surface area contributed by atoms with Gasteiger partial charge in [0.1, 0.15) is 11.4 Å². The summed E-state index contributed by atoms with van der Waals surface area (Å²) in [5.74, 6) is -0.275. The Balaban J connectivity index is 1.73. The summed E-state index contributed by atoms with van der Waals surface area (Å²) in [5.41, 5.74) is 1.70. The number of aromatic amines is 1. The molecule has 7 heteroatoms. The maximum atomic E-state index is 12.4. The van der Waals surface area contributed by atoms with Gasteiger partial charge in [0, 0.05) is 27.5 Å². The van der Waals surface area contributed by atoms with E-state index in [2.05, 4.69) is 31.0 Å². The van der Waals surface area contributed by atoms with Crippen LogP contribution in [0, 0.1) is 0 Å². The molecule has 0 fully saturated rings. The van der Waals surface area contributed by atoms with Gasteiger partial charge in [0.25, 0.3) is 5.91 Å². The van der Waals surface area contributed by atoms with Gasteiger partial charge >= 0.3 is 6.61 Å². The highest BCUT2D eigenvalue weighted by atomic mass is 79.9. The van der Waals surface area contributed by atoms with Crippen molar-refractivity contribution in [3.05, 3.63) is 64.3 Å². The standard InChI is InChI=1S/C17H13BrF2N2O2/c18-12-6-5-10-7-14(22-13(10)8-12)16(23)21-9-11-3-1-2-4-15(11)24-17(19)20/h1-8,17,22H,9H2,(H,21,23). The van der Waals surface area contributed by atoms with Crippen LogP contribution in [-0.2, 0) is 6.54 Å². The number of carbonyl (C=O) groups excluding carboxylic acids is 1. The molecule has 0 saturated heterocycles. The number of hydrogen-bond acceptors (Lipinski definition) is 2. The molecule has 0 saturated carbocycles. The first-order valence-corrected chi connectivity index (χ1v) is 7.91. The normalized spacial score (nSPS) is 11.0. The molecule has 2 aromatic carbocycles. The number of fused-ring (bicyclic) bond motifs is 1. The van der Waals surface area contributed by atoms with Crippen LogP contribution in [-0.4, -0.2) is 17.5 Å². The number of hydrogen-bond donors (Lipinski definition) is 2. The second-order valence-corrected chi connectivity index (χ2v) is 6.00. The van der Waals surface area contributed by atoms with Crippen molar-refractivity contribution in [2.45, 2.75) is 13.2 Å². The molecule has 1 amide bonds. The van der Waals surface area contributed by atoms with Crippen molar-refractivity contribution in [3.63, 3.8) is 0 Å². The van der Waals surface area contributed by atoms with Crippen molar-refractivity contribution in [2.75, 3.05) is 0 Å². The molecule has 1 heterocycles. The van der Waals surface area contributed by atoms with E-state index in [-0.39, 0.29) is 18.2 Å². The van der Waals surface area contributed by atoms with E-state index in [4.69, 9.17) is 0 Å². The van der Waals surface area contributed by atoms with E-state index in [1.54, 1.807) is 24.3 Å². The van der Waals surface area contributed by atoms with E-state index in [1.807, 2.05) is 18.2 Å². The number of rotatable bonds is 5. The zero-order chi connectivity index (χ0) is 17.1. The Morgan fingerprint density at radius 2 is 2.00 bits per heavy atom. The number of halogens is 3. The summed E-state index contributed by atoms with van der Waals surface area (Å²) in [7, 11) is 0. The average molecular weight is 395 g/mol. The second kappa shape index (κ2) is 7.00.